The number of ether oxygens (including phenoxy) is 1. The Kier molecular flexibility index (Phi) is 7.32. The van der Waals surface area contributed by atoms with Crippen molar-refractivity contribution in [2.24, 2.45) is 7.05 Å². The molecule has 2 aromatic carbocycles. The van der Waals surface area contributed by atoms with E-state index < -0.39 is 10.0 Å². The van der Waals surface area contributed by atoms with Crippen LogP contribution in [0.4, 0.5) is 5.69 Å². The van der Waals surface area contributed by atoms with Crippen molar-refractivity contribution in [2.45, 2.75) is 31.6 Å². The number of para-hydroxylation sites is 2. The largest absolute Gasteiger partial charge is 0.506 e. The van der Waals surface area contributed by atoms with Gasteiger partial charge in [0, 0.05) is 33.2 Å². The molecule has 1 aliphatic rings. The van der Waals surface area contributed by atoms with Gasteiger partial charge in [-0.2, -0.15) is 9.40 Å². The van der Waals surface area contributed by atoms with Gasteiger partial charge in [0.1, 0.15) is 22.8 Å². The third-order valence-corrected chi connectivity index (χ3v) is 8.75. The van der Waals surface area contributed by atoms with Crippen LogP contribution in [-0.4, -0.2) is 70.4 Å². The van der Waals surface area contributed by atoms with E-state index in [-0.39, 0.29) is 35.1 Å². The number of hydrogen-bond donors (Lipinski definition) is 2. The molecule has 5 rings (SSSR count). The first-order valence-corrected chi connectivity index (χ1v) is 14.4. The van der Waals surface area contributed by atoms with Crippen LogP contribution < -0.4 is 15.2 Å². The molecule has 3 heterocycles. The van der Waals surface area contributed by atoms with Gasteiger partial charge in [0.25, 0.3) is 5.56 Å². The summed E-state index contributed by atoms with van der Waals surface area (Å²) in [5.41, 5.74) is 2.28. The summed E-state index contributed by atoms with van der Waals surface area (Å²) in [5, 5.41) is 14.7. The van der Waals surface area contributed by atoms with E-state index >= 15 is 0 Å². The van der Waals surface area contributed by atoms with Crippen LogP contribution in [0, 0.1) is 0 Å². The molecule has 0 aliphatic carbocycles. The zero-order valence-electron chi connectivity index (χ0n) is 22.2. The van der Waals surface area contributed by atoms with E-state index in [9.17, 15) is 18.3 Å². The second kappa shape index (κ2) is 10.7. The molecule has 4 aromatic rings. The Labute approximate surface area is 226 Å². The van der Waals surface area contributed by atoms with Crippen LogP contribution in [0.2, 0.25) is 0 Å². The summed E-state index contributed by atoms with van der Waals surface area (Å²) in [6, 6.07) is 11.7. The molecule has 1 fully saturated rings. The van der Waals surface area contributed by atoms with Gasteiger partial charge in [-0.3, -0.25) is 9.48 Å². The van der Waals surface area contributed by atoms with Gasteiger partial charge in [-0.25, -0.2) is 13.4 Å². The van der Waals surface area contributed by atoms with Crippen molar-refractivity contribution in [3.63, 3.8) is 0 Å². The third kappa shape index (κ3) is 4.97. The molecule has 39 heavy (non-hydrogen) atoms. The van der Waals surface area contributed by atoms with Crippen LogP contribution in [0.3, 0.4) is 0 Å². The maximum atomic E-state index is 13.7. The number of H-pyrrole nitrogens is 1. The molecule has 0 unspecified atom stereocenters. The van der Waals surface area contributed by atoms with Crippen molar-refractivity contribution >= 4 is 26.7 Å². The highest BCUT2D eigenvalue weighted by Gasteiger charge is 2.30. The monoisotopic (exact) mass is 552 g/mol. The number of nitrogens with zero attached hydrogens (tertiary/aromatic N) is 5. The number of benzene rings is 2. The maximum absolute atomic E-state index is 13.7. The highest BCUT2D eigenvalue weighted by Crippen LogP contribution is 2.33. The third-order valence-electron chi connectivity index (χ3n) is 6.85. The molecule has 0 atom stereocenters. The van der Waals surface area contributed by atoms with Crippen LogP contribution in [0.1, 0.15) is 26.0 Å². The molecule has 11 nitrogen and oxygen atoms in total. The Hall–Kier alpha value is -3.90. The minimum absolute atomic E-state index is 0.0830. The lowest BCUT2D eigenvalue weighted by atomic mass is 10.1. The van der Waals surface area contributed by atoms with Crippen molar-refractivity contribution in [1.29, 1.82) is 0 Å². The smallest absolute Gasteiger partial charge is 0.277 e. The summed E-state index contributed by atoms with van der Waals surface area (Å²) in [4.78, 5) is 22.6. The number of aryl methyl sites for hydroxylation is 2. The molecule has 206 valence electrons. The Balaban J connectivity index is 1.50. The number of hydrogen-bond acceptors (Lipinski definition) is 8. The molecule has 0 spiro atoms. The van der Waals surface area contributed by atoms with E-state index in [0.717, 1.165) is 6.42 Å². The van der Waals surface area contributed by atoms with Crippen molar-refractivity contribution in [2.75, 3.05) is 37.7 Å². The number of aromatic amines is 1. The lowest BCUT2D eigenvalue weighted by molar-refractivity contribution is 0.341. The van der Waals surface area contributed by atoms with Crippen molar-refractivity contribution in [1.82, 2.24) is 24.1 Å². The minimum Gasteiger partial charge on any atom is -0.506 e. The van der Waals surface area contributed by atoms with Crippen LogP contribution >= 0.6 is 0 Å². The van der Waals surface area contributed by atoms with E-state index in [1.807, 2.05) is 30.9 Å². The summed E-state index contributed by atoms with van der Waals surface area (Å²) < 4.78 is 36.1. The highest BCUT2D eigenvalue weighted by atomic mass is 32.2. The van der Waals surface area contributed by atoms with Gasteiger partial charge in [-0.15, -0.1) is 0 Å². The fraction of sp³-hybridized carbons (Fsp3) is 0.370. The van der Waals surface area contributed by atoms with Crippen molar-refractivity contribution in [3.8, 4) is 22.9 Å². The van der Waals surface area contributed by atoms with Gasteiger partial charge in [0.05, 0.1) is 28.4 Å². The number of rotatable bonds is 8. The van der Waals surface area contributed by atoms with Gasteiger partial charge in [-0.05, 0) is 43.7 Å². The van der Waals surface area contributed by atoms with E-state index in [0.29, 0.717) is 59.8 Å². The summed E-state index contributed by atoms with van der Waals surface area (Å²) in [7, 11) is -2.15. The summed E-state index contributed by atoms with van der Waals surface area (Å²) >= 11 is 0. The second-order valence-electron chi connectivity index (χ2n) is 9.40. The molecule has 0 bridgehead atoms. The number of phenolic OH excluding ortho intramolecular Hbond substituents is 1. The number of aromatic hydroxyl groups is 1. The van der Waals surface area contributed by atoms with E-state index in [1.165, 1.54) is 21.1 Å². The van der Waals surface area contributed by atoms with Gasteiger partial charge in [-0.1, -0.05) is 25.5 Å². The van der Waals surface area contributed by atoms with E-state index in [2.05, 4.69) is 10.1 Å². The minimum atomic E-state index is -3.85. The number of piperazine rings is 1. The number of aromatic nitrogens is 4. The Morgan fingerprint density at radius 1 is 1.08 bits per heavy atom. The van der Waals surface area contributed by atoms with E-state index in [1.54, 1.807) is 25.2 Å². The lowest BCUT2D eigenvalue weighted by Crippen LogP contribution is -2.48. The first-order chi connectivity index (χ1) is 18.7. The zero-order chi connectivity index (χ0) is 27.7. The molecule has 2 N–H and O–H groups in total. The molecule has 0 amide bonds. The Morgan fingerprint density at radius 3 is 2.51 bits per heavy atom. The van der Waals surface area contributed by atoms with Crippen LogP contribution in [0.25, 0.3) is 22.4 Å². The van der Waals surface area contributed by atoms with Crippen LogP contribution in [-0.2, 0) is 23.5 Å². The number of fused-ring (bicyclic) bond motifs is 1. The molecule has 1 saturated heterocycles. The standard InChI is InChI=1S/C27H32N6O5S/c1-4-8-20-24-25(31(3)30-20)27(35)29-26(28-24)19-17-18(11-12-23(19)38-5-2)39(36,37)33-15-13-32(14-16-33)21-9-6-7-10-22(21)34/h6-7,9-12,17,34H,4-5,8,13-16H2,1-3H3,(H,28,29,35). The summed E-state index contributed by atoms with van der Waals surface area (Å²) in [5.74, 6) is 0.811. The van der Waals surface area contributed by atoms with Gasteiger partial charge in [0.15, 0.2) is 5.52 Å². The molecule has 2 aromatic heterocycles. The molecule has 1 aliphatic heterocycles. The number of sulfonamides is 1. The summed E-state index contributed by atoms with van der Waals surface area (Å²) in [6.07, 6.45) is 1.50. The Morgan fingerprint density at radius 2 is 1.82 bits per heavy atom. The highest BCUT2D eigenvalue weighted by molar-refractivity contribution is 7.89. The second-order valence-corrected chi connectivity index (χ2v) is 11.3. The van der Waals surface area contributed by atoms with Gasteiger partial charge >= 0.3 is 0 Å². The maximum Gasteiger partial charge on any atom is 0.277 e. The molecular formula is C27H32N6O5S. The Bertz CT molecular complexity index is 1670. The van der Waals surface area contributed by atoms with Crippen molar-refractivity contribution < 1.29 is 18.3 Å². The molecular weight excluding hydrogens is 520 g/mol. The fourth-order valence-electron chi connectivity index (χ4n) is 4.97. The molecule has 12 heteroatoms. The quantitative estimate of drug-likeness (QED) is 0.341. The van der Waals surface area contributed by atoms with Crippen molar-refractivity contribution in [3.05, 3.63) is 58.5 Å². The molecule has 0 radical (unpaired) electrons. The average Bonchev–Trinajstić information content (AvgIpc) is 3.25. The van der Waals surface area contributed by atoms with Gasteiger partial charge in [0.2, 0.25) is 10.0 Å². The number of phenols is 1. The van der Waals surface area contributed by atoms with Crippen LogP contribution in [0.15, 0.2) is 52.2 Å². The number of anilines is 1. The average molecular weight is 553 g/mol. The van der Waals surface area contributed by atoms with E-state index in [4.69, 9.17) is 9.72 Å². The predicted octanol–water partition coefficient (Wildman–Crippen LogP) is 2.89. The normalized spacial score (nSPS) is 14.7. The van der Waals surface area contributed by atoms with Crippen LogP contribution in [0.5, 0.6) is 11.5 Å². The van der Waals surface area contributed by atoms with Gasteiger partial charge < -0.3 is 19.7 Å². The topological polar surface area (TPSA) is 134 Å². The molecule has 0 saturated carbocycles. The zero-order valence-corrected chi connectivity index (χ0v) is 23.0. The first-order valence-electron chi connectivity index (χ1n) is 13.0. The summed E-state index contributed by atoms with van der Waals surface area (Å²) in [6.45, 7) is 5.61. The lowest BCUT2D eigenvalue weighted by Gasteiger charge is -2.35. The predicted molar refractivity (Wildman–Crippen MR) is 149 cm³/mol. The number of nitrogens with one attached hydrogen (secondary N) is 1. The SMILES string of the molecule is CCCc1nn(C)c2c(=O)[nH]c(-c3cc(S(=O)(=O)N4CCN(c5ccccc5O)CC4)ccc3OCC)nc12. The fourth-order valence-corrected chi connectivity index (χ4v) is 6.41. The first kappa shape index (κ1) is 26.7.